The molecule has 0 spiro atoms. The van der Waals surface area contributed by atoms with Crippen LogP contribution in [0.4, 0.5) is 17.1 Å². The predicted octanol–water partition coefficient (Wildman–Crippen LogP) is 7.82. The van der Waals surface area contributed by atoms with Gasteiger partial charge < -0.3 is 29.0 Å². The topological polar surface area (TPSA) is 172 Å². The Morgan fingerprint density at radius 2 is 1.82 bits per heavy atom. The number of benzene rings is 3. The van der Waals surface area contributed by atoms with Gasteiger partial charge in [-0.2, -0.15) is 0 Å². The molecule has 3 aliphatic rings. The number of rotatable bonds is 13. The van der Waals surface area contributed by atoms with E-state index in [1.54, 1.807) is 43.5 Å². The van der Waals surface area contributed by atoms with Gasteiger partial charge in [0.1, 0.15) is 22.8 Å². The van der Waals surface area contributed by atoms with E-state index in [2.05, 4.69) is 43.5 Å². The minimum absolute atomic E-state index is 0.0101. The quantitative estimate of drug-likeness (QED) is 0.0869. The molecule has 2 fully saturated rings. The minimum atomic E-state index is -4.57. The van der Waals surface area contributed by atoms with Crippen LogP contribution in [0, 0.1) is 10.1 Å². The van der Waals surface area contributed by atoms with Crippen molar-refractivity contribution in [2.24, 2.45) is 0 Å². The summed E-state index contributed by atoms with van der Waals surface area (Å²) >= 11 is 6.23. The molecule has 17 heteroatoms. The summed E-state index contributed by atoms with van der Waals surface area (Å²) in [5.74, 6) is -0.498. The molecule has 326 valence electrons. The molecule has 0 bridgehead atoms. The molecule has 1 unspecified atom stereocenters. The lowest BCUT2D eigenvalue weighted by Crippen LogP contribution is -2.47. The normalized spacial score (nSPS) is 19.1. The SMILES string of the molecule is COC1(C)CCC(c2ccc(Cl)cc2)=C(CN2CCN(c3ccc(C(=O)NS(=O)(=O)c4ccc(N(C)C5CCOCC5)c([N+](=O)[O-])c4)c(Oc4cnc5[nH]ccc5c4)c3)CC2)C1. The summed E-state index contributed by atoms with van der Waals surface area (Å²) in [6.07, 6.45) is 7.32. The first-order valence-corrected chi connectivity index (χ1v) is 22.6. The number of methoxy groups -OCH3 is 1. The van der Waals surface area contributed by atoms with Crippen LogP contribution in [0.25, 0.3) is 16.6 Å². The first-order chi connectivity index (χ1) is 29.8. The number of anilines is 2. The number of piperazine rings is 1. The molecule has 2 aliphatic heterocycles. The van der Waals surface area contributed by atoms with Gasteiger partial charge in [-0.15, -0.1) is 0 Å². The van der Waals surface area contributed by atoms with E-state index in [0.29, 0.717) is 55.6 Å². The zero-order chi connectivity index (χ0) is 43.6. The van der Waals surface area contributed by atoms with E-state index in [9.17, 15) is 23.3 Å². The van der Waals surface area contributed by atoms with Crippen molar-refractivity contribution < 1.29 is 32.3 Å². The third-order valence-electron chi connectivity index (χ3n) is 12.4. The van der Waals surface area contributed by atoms with E-state index >= 15 is 0 Å². The number of carbonyl (C=O) groups is 1. The summed E-state index contributed by atoms with van der Waals surface area (Å²) in [6, 6.07) is 20.4. The smallest absolute Gasteiger partial charge is 0.293 e. The van der Waals surface area contributed by atoms with Crippen LogP contribution in [0.2, 0.25) is 5.02 Å². The fraction of sp³-hybridized carbons (Fsp3) is 0.378. The standard InChI is InChI=1S/C45H50ClN7O8S/c1-45(59-3)16-12-38(30-4-6-33(46)7-5-30)32(27-45)29-51-18-20-52(21-19-51)35-8-10-39(42(25-35)61-36-24-31-13-17-47-43(31)48-28-36)44(54)49-62(57,58)37-9-11-40(41(26-37)53(55)56)50(2)34-14-22-60-23-15-34/h4-11,13,17,24-26,28,34H,12,14-16,18-23,27,29H2,1-3H3,(H,47,48)(H,49,54). The first-order valence-electron chi connectivity index (χ1n) is 20.7. The number of ether oxygens (including phenoxy) is 3. The molecule has 1 amide bonds. The Morgan fingerprint density at radius 1 is 1.06 bits per heavy atom. The lowest BCUT2D eigenvalue weighted by molar-refractivity contribution is -0.384. The average Bonchev–Trinajstić information content (AvgIpc) is 3.75. The van der Waals surface area contributed by atoms with Gasteiger partial charge in [0, 0.05) is 101 Å². The summed E-state index contributed by atoms with van der Waals surface area (Å²) in [4.78, 5) is 39.1. The van der Waals surface area contributed by atoms with Crippen LogP contribution in [-0.4, -0.2) is 106 Å². The van der Waals surface area contributed by atoms with Gasteiger partial charge in [-0.1, -0.05) is 23.7 Å². The Labute approximate surface area is 365 Å². The molecule has 8 rings (SSSR count). The molecule has 1 aliphatic carbocycles. The van der Waals surface area contributed by atoms with Crippen molar-refractivity contribution in [3.63, 3.8) is 0 Å². The molecule has 1 atom stereocenters. The number of nitrogens with one attached hydrogen (secondary N) is 2. The van der Waals surface area contributed by atoms with Crippen molar-refractivity contribution in [1.29, 1.82) is 0 Å². The van der Waals surface area contributed by atoms with Gasteiger partial charge in [0.15, 0.2) is 0 Å². The summed E-state index contributed by atoms with van der Waals surface area (Å²) < 4.78 is 47.4. The maximum atomic E-state index is 14.0. The fourth-order valence-electron chi connectivity index (χ4n) is 8.67. The van der Waals surface area contributed by atoms with Crippen LogP contribution < -0.4 is 19.3 Å². The molecule has 4 heterocycles. The first kappa shape index (κ1) is 43.1. The number of hydrogen-bond acceptors (Lipinski definition) is 12. The third-order valence-corrected chi connectivity index (χ3v) is 13.9. The van der Waals surface area contributed by atoms with E-state index < -0.39 is 25.7 Å². The van der Waals surface area contributed by atoms with Gasteiger partial charge in [-0.3, -0.25) is 19.8 Å². The van der Waals surface area contributed by atoms with Crippen molar-refractivity contribution in [2.45, 2.75) is 55.6 Å². The number of H-pyrrole nitrogens is 1. The zero-order valence-electron chi connectivity index (χ0n) is 34.9. The largest absolute Gasteiger partial charge is 0.455 e. The number of aromatic nitrogens is 2. The summed E-state index contributed by atoms with van der Waals surface area (Å²) in [5, 5.41) is 13.7. The van der Waals surface area contributed by atoms with Crippen molar-refractivity contribution in [3.8, 4) is 11.5 Å². The van der Waals surface area contributed by atoms with Crippen LogP contribution in [0.5, 0.6) is 11.5 Å². The lowest BCUT2D eigenvalue weighted by atomic mass is 9.79. The van der Waals surface area contributed by atoms with Gasteiger partial charge in [-0.25, -0.2) is 18.1 Å². The number of sulfonamides is 1. The van der Waals surface area contributed by atoms with Crippen molar-refractivity contribution in [3.05, 3.63) is 117 Å². The summed E-state index contributed by atoms with van der Waals surface area (Å²) in [6.45, 7) is 6.99. The highest BCUT2D eigenvalue weighted by Crippen LogP contribution is 2.41. The maximum Gasteiger partial charge on any atom is 0.293 e. The molecule has 15 nitrogen and oxygen atoms in total. The number of amides is 1. The van der Waals surface area contributed by atoms with Gasteiger partial charge >= 0.3 is 0 Å². The second-order valence-electron chi connectivity index (χ2n) is 16.3. The fourth-order valence-corrected chi connectivity index (χ4v) is 9.79. The number of fused-ring (bicyclic) bond motifs is 1. The molecule has 0 radical (unpaired) electrons. The predicted molar refractivity (Wildman–Crippen MR) is 239 cm³/mol. The van der Waals surface area contributed by atoms with Gasteiger partial charge in [0.05, 0.1) is 27.2 Å². The van der Waals surface area contributed by atoms with Gasteiger partial charge in [0.25, 0.3) is 21.6 Å². The number of pyridine rings is 1. The highest BCUT2D eigenvalue weighted by atomic mass is 35.5. The lowest BCUT2D eigenvalue weighted by Gasteiger charge is -2.40. The van der Waals surface area contributed by atoms with Crippen molar-refractivity contribution in [2.75, 3.05) is 69.9 Å². The van der Waals surface area contributed by atoms with Crippen LogP contribution in [0.1, 0.15) is 54.9 Å². The van der Waals surface area contributed by atoms with E-state index in [0.717, 1.165) is 56.0 Å². The number of aromatic amines is 1. The number of allylic oxidation sites excluding steroid dienone is 1. The molecule has 3 aromatic carbocycles. The van der Waals surface area contributed by atoms with E-state index in [-0.39, 0.29) is 34.3 Å². The van der Waals surface area contributed by atoms with Crippen LogP contribution in [0.3, 0.4) is 0 Å². The second-order valence-corrected chi connectivity index (χ2v) is 18.5. The average molecular weight is 884 g/mol. The zero-order valence-corrected chi connectivity index (χ0v) is 36.5. The number of nitrogens with zero attached hydrogens (tertiary/aromatic N) is 5. The number of nitro groups is 1. The second kappa shape index (κ2) is 18.1. The van der Waals surface area contributed by atoms with E-state index in [1.807, 2.05) is 18.2 Å². The van der Waals surface area contributed by atoms with Gasteiger partial charge in [0.2, 0.25) is 0 Å². The third kappa shape index (κ3) is 9.44. The molecule has 5 aromatic rings. The maximum absolute atomic E-state index is 14.0. The van der Waals surface area contributed by atoms with E-state index in [4.69, 9.17) is 25.8 Å². The highest BCUT2D eigenvalue weighted by Gasteiger charge is 2.34. The number of carbonyl (C=O) groups excluding carboxylic acids is 1. The number of nitro benzene ring substituents is 1. The Bertz CT molecular complexity index is 2610. The highest BCUT2D eigenvalue weighted by molar-refractivity contribution is 7.90. The number of hydrogen-bond donors (Lipinski definition) is 2. The molecular formula is C45H50ClN7O8S. The van der Waals surface area contributed by atoms with Crippen LogP contribution >= 0.6 is 11.6 Å². The molecule has 2 saturated heterocycles. The number of halogens is 1. The Kier molecular flexibility index (Phi) is 12.6. The molecule has 62 heavy (non-hydrogen) atoms. The molecular weight excluding hydrogens is 834 g/mol. The van der Waals surface area contributed by atoms with Crippen LogP contribution in [-0.2, 0) is 19.5 Å². The minimum Gasteiger partial charge on any atom is -0.455 e. The van der Waals surface area contributed by atoms with Crippen molar-refractivity contribution >= 4 is 61.2 Å². The Hall–Kier alpha value is -5.52. The monoisotopic (exact) mass is 883 g/mol. The Morgan fingerprint density at radius 3 is 2.55 bits per heavy atom. The van der Waals surface area contributed by atoms with Gasteiger partial charge in [-0.05, 0) is 104 Å². The van der Waals surface area contributed by atoms with Crippen LogP contribution in [0.15, 0.2) is 95.7 Å². The molecule has 2 N–H and O–H groups in total. The Balaban J connectivity index is 1.02. The summed E-state index contributed by atoms with van der Waals surface area (Å²) in [7, 11) is -1.04. The van der Waals surface area contributed by atoms with Crippen molar-refractivity contribution in [1.82, 2.24) is 19.6 Å². The molecule has 2 aromatic heterocycles. The summed E-state index contributed by atoms with van der Waals surface area (Å²) in [5.41, 5.74) is 4.94. The molecule has 0 saturated carbocycles. The van der Waals surface area contributed by atoms with E-state index in [1.165, 1.54) is 41.1 Å².